The van der Waals surface area contributed by atoms with Crippen molar-refractivity contribution in [1.82, 2.24) is 10.6 Å². The summed E-state index contributed by atoms with van der Waals surface area (Å²) in [5.74, 6) is 1.09. The SMILES string of the molecule is CCNC(=NCc1ccc(F)c(COC)c1)NCC(C)C.I. The molecule has 0 heterocycles. The molecule has 0 radical (unpaired) electrons. The number of rotatable bonds is 7. The van der Waals surface area contributed by atoms with Crippen molar-refractivity contribution in [2.75, 3.05) is 20.2 Å². The summed E-state index contributed by atoms with van der Waals surface area (Å²) in [7, 11) is 1.56. The first-order valence-corrected chi connectivity index (χ1v) is 7.35. The largest absolute Gasteiger partial charge is 0.380 e. The molecule has 126 valence electrons. The van der Waals surface area contributed by atoms with Crippen LogP contribution in [0.1, 0.15) is 31.9 Å². The monoisotopic (exact) mass is 423 g/mol. The highest BCUT2D eigenvalue weighted by molar-refractivity contribution is 14.0. The van der Waals surface area contributed by atoms with Gasteiger partial charge in [0.1, 0.15) is 5.82 Å². The molecule has 6 heteroatoms. The highest BCUT2D eigenvalue weighted by Gasteiger charge is 2.04. The van der Waals surface area contributed by atoms with E-state index >= 15 is 0 Å². The van der Waals surface area contributed by atoms with Gasteiger partial charge in [-0.05, 0) is 30.5 Å². The topological polar surface area (TPSA) is 45.7 Å². The Kier molecular flexibility index (Phi) is 11.2. The van der Waals surface area contributed by atoms with Crippen molar-refractivity contribution in [3.63, 3.8) is 0 Å². The quantitative estimate of drug-likeness (QED) is 0.402. The molecule has 22 heavy (non-hydrogen) atoms. The summed E-state index contributed by atoms with van der Waals surface area (Å²) in [6, 6.07) is 5.02. The molecular weight excluding hydrogens is 396 g/mol. The first kappa shape index (κ1) is 21.1. The molecule has 0 aromatic heterocycles. The van der Waals surface area contributed by atoms with E-state index < -0.39 is 0 Å². The molecule has 0 unspecified atom stereocenters. The van der Waals surface area contributed by atoms with Gasteiger partial charge in [-0.15, -0.1) is 24.0 Å². The molecule has 0 bridgehead atoms. The summed E-state index contributed by atoms with van der Waals surface area (Å²) in [6.07, 6.45) is 0. The number of methoxy groups -OCH3 is 1. The third kappa shape index (κ3) is 7.93. The Morgan fingerprint density at radius 1 is 1.32 bits per heavy atom. The molecule has 0 amide bonds. The maximum absolute atomic E-state index is 13.5. The standard InChI is InChI=1S/C16H26FN3O.HI/c1-5-18-16(19-9-12(2)3)20-10-13-6-7-15(17)14(8-13)11-21-4;/h6-8,12H,5,9-11H2,1-4H3,(H2,18,19,20);1H. The van der Waals surface area contributed by atoms with E-state index in [9.17, 15) is 4.39 Å². The van der Waals surface area contributed by atoms with E-state index in [1.54, 1.807) is 19.2 Å². The summed E-state index contributed by atoms with van der Waals surface area (Å²) < 4.78 is 18.5. The Balaban J connectivity index is 0.00000441. The van der Waals surface area contributed by atoms with Crippen LogP contribution in [-0.4, -0.2) is 26.2 Å². The summed E-state index contributed by atoms with van der Waals surface area (Å²) in [5.41, 5.74) is 1.52. The molecule has 0 atom stereocenters. The predicted octanol–water partition coefficient (Wildman–Crippen LogP) is 3.30. The minimum atomic E-state index is -0.241. The Bertz CT molecular complexity index is 467. The highest BCUT2D eigenvalue weighted by Crippen LogP contribution is 2.12. The Morgan fingerprint density at radius 3 is 2.64 bits per heavy atom. The Morgan fingerprint density at radius 2 is 2.05 bits per heavy atom. The van der Waals surface area contributed by atoms with Gasteiger partial charge in [0.15, 0.2) is 5.96 Å². The molecule has 0 fully saturated rings. The predicted molar refractivity (Wildman–Crippen MR) is 100 cm³/mol. The average molecular weight is 423 g/mol. The summed E-state index contributed by atoms with van der Waals surface area (Å²) in [4.78, 5) is 4.52. The molecule has 1 rings (SSSR count). The van der Waals surface area contributed by atoms with E-state index in [0.717, 1.165) is 24.6 Å². The number of guanidine groups is 1. The smallest absolute Gasteiger partial charge is 0.191 e. The van der Waals surface area contributed by atoms with Crippen LogP contribution >= 0.6 is 24.0 Å². The lowest BCUT2D eigenvalue weighted by Gasteiger charge is -2.13. The van der Waals surface area contributed by atoms with Crippen LogP contribution in [0.5, 0.6) is 0 Å². The number of halogens is 2. The van der Waals surface area contributed by atoms with Crippen LogP contribution in [0.3, 0.4) is 0 Å². The number of benzene rings is 1. The number of hydrogen-bond donors (Lipinski definition) is 2. The second-order valence-corrected chi connectivity index (χ2v) is 5.33. The van der Waals surface area contributed by atoms with Crippen molar-refractivity contribution in [2.24, 2.45) is 10.9 Å². The van der Waals surface area contributed by atoms with Crippen molar-refractivity contribution < 1.29 is 9.13 Å². The van der Waals surface area contributed by atoms with E-state index in [0.29, 0.717) is 18.0 Å². The molecule has 0 aliphatic rings. The van der Waals surface area contributed by atoms with Crippen molar-refractivity contribution in [3.8, 4) is 0 Å². The molecule has 1 aromatic rings. The zero-order chi connectivity index (χ0) is 15.7. The van der Waals surface area contributed by atoms with E-state index in [1.165, 1.54) is 6.07 Å². The van der Waals surface area contributed by atoms with Gasteiger partial charge in [-0.25, -0.2) is 9.38 Å². The van der Waals surface area contributed by atoms with E-state index in [1.807, 2.05) is 6.92 Å². The van der Waals surface area contributed by atoms with Crippen molar-refractivity contribution in [1.29, 1.82) is 0 Å². The summed E-state index contributed by atoms with van der Waals surface area (Å²) in [5, 5.41) is 6.48. The fourth-order valence-electron chi connectivity index (χ4n) is 1.81. The zero-order valence-corrected chi connectivity index (χ0v) is 16.1. The first-order chi connectivity index (χ1) is 10.1. The number of ether oxygens (including phenoxy) is 1. The van der Waals surface area contributed by atoms with Gasteiger partial charge >= 0.3 is 0 Å². The van der Waals surface area contributed by atoms with Gasteiger partial charge in [0.25, 0.3) is 0 Å². The van der Waals surface area contributed by atoms with Crippen LogP contribution in [0.2, 0.25) is 0 Å². The van der Waals surface area contributed by atoms with Gasteiger partial charge in [0, 0.05) is 25.8 Å². The Hall–Kier alpha value is -0.890. The molecule has 0 aliphatic carbocycles. The van der Waals surface area contributed by atoms with Crippen molar-refractivity contribution >= 4 is 29.9 Å². The normalized spacial score (nSPS) is 11.3. The highest BCUT2D eigenvalue weighted by atomic mass is 127. The van der Waals surface area contributed by atoms with Gasteiger partial charge in [-0.3, -0.25) is 0 Å². The molecule has 0 aliphatic heterocycles. The van der Waals surface area contributed by atoms with Gasteiger partial charge < -0.3 is 15.4 Å². The van der Waals surface area contributed by atoms with E-state index in [-0.39, 0.29) is 36.4 Å². The molecule has 0 spiro atoms. The van der Waals surface area contributed by atoms with E-state index in [2.05, 4.69) is 29.5 Å². The minimum Gasteiger partial charge on any atom is -0.380 e. The number of nitrogens with one attached hydrogen (secondary N) is 2. The molecule has 0 saturated heterocycles. The summed E-state index contributed by atoms with van der Waals surface area (Å²) in [6.45, 7) is 8.77. The average Bonchev–Trinajstić information content (AvgIpc) is 2.45. The number of hydrogen-bond acceptors (Lipinski definition) is 2. The van der Waals surface area contributed by atoms with Gasteiger partial charge in [0.05, 0.1) is 13.2 Å². The number of nitrogens with zero attached hydrogens (tertiary/aromatic N) is 1. The van der Waals surface area contributed by atoms with Crippen LogP contribution in [0, 0.1) is 11.7 Å². The van der Waals surface area contributed by atoms with Crippen molar-refractivity contribution in [3.05, 3.63) is 35.1 Å². The fourth-order valence-corrected chi connectivity index (χ4v) is 1.81. The lowest BCUT2D eigenvalue weighted by molar-refractivity contribution is 0.181. The van der Waals surface area contributed by atoms with Crippen LogP contribution in [-0.2, 0) is 17.9 Å². The second kappa shape index (κ2) is 11.6. The molecule has 0 saturated carbocycles. The lowest BCUT2D eigenvalue weighted by atomic mass is 10.1. The van der Waals surface area contributed by atoms with Crippen molar-refractivity contribution in [2.45, 2.75) is 33.9 Å². The molecule has 4 nitrogen and oxygen atoms in total. The molecule has 2 N–H and O–H groups in total. The molecule has 1 aromatic carbocycles. The fraction of sp³-hybridized carbons (Fsp3) is 0.562. The Labute approximate surface area is 149 Å². The minimum absolute atomic E-state index is 0. The van der Waals surface area contributed by atoms with Gasteiger partial charge in [0.2, 0.25) is 0 Å². The molecular formula is C16H27FIN3O. The lowest BCUT2D eigenvalue weighted by Crippen LogP contribution is -2.39. The van der Waals surface area contributed by atoms with Gasteiger partial charge in [-0.2, -0.15) is 0 Å². The maximum atomic E-state index is 13.5. The van der Waals surface area contributed by atoms with Crippen LogP contribution in [0.25, 0.3) is 0 Å². The maximum Gasteiger partial charge on any atom is 0.191 e. The van der Waals surface area contributed by atoms with Crippen LogP contribution < -0.4 is 10.6 Å². The van der Waals surface area contributed by atoms with Crippen LogP contribution in [0.15, 0.2) is 23.2 Å². The van der Waals surface area contributed by atoms with Crippen LogP contribution in [0.4, 0.5) is 4.39 Å². The van der Waals surface area contributed by atoms with E-state index in [4.69, 9.17) is 4.74 Å². The third-order valence-electron chi connectivity index (χ3n) is 2.85. The first-order valence-electron chi connectivity index (χ1n) is 7.35. The third-order valence-corrected chi connectivity index (χ3v) is 2.85. The number of aliphatic imine (C=N–C) groups is 1. The second-order valence-electron chi connectivity index (χ2n) is 5.33. The van der Waals surface area contributed by atoms with Gasteiger partial charge in [-0.1, -0.05) is 19.9 Å². The zero-order valence-electron chi connectivity index (χ0n) is 13.8. The summed E-state index contributed by atoms with van der Waals surface area (Å²) >= 11 is 0.